The molecule has 5 nitrogen and oxygen atoms in total. The zero-order valence-corrected chi connectivity index (χ0v) is 20.0. The second-order valence-electron chi connectivity index (χ2n) is 6.96. The van der Waals surface area contributed by atoms with Crippen molar-refractivity contribution in [1.82, 2.24) is 5.09 Å². The van der Waals surface area contributed by atoms with Crippen molar-refractivity contribution in [2.45, 2.75) is 39.8 Å². The van der Waals surface area contributed by atoms with E-state index in [-0.39, 0.29) is 12.8 Å². The van der Waals surface area contributed by atoms with Crippen molar-refractivity contribution in [2.24, 2.45) is 0 Å². The Morgan fingerprint density at radius 3 is 2.41 bits per heavy atom. The number of allylic oxidation sites excluding steroid dienone is 2. The molecule has 0 heterocycles. The van der Waals surface area contributed by atoms with Gasteiger partial charge < -0.3 is 9.26 Å². The van der Waals surface area contributed by atoms with Crippen LogP contribution in [-0.4, -0.2) is 18.2 Å². The zero-order valence-electron chi connectivity index (χ0n) is 16.9. The van der Waals surface area contributed by atoms with Gasteiger partial charge in [0.2, 0.25) is 0 Å². The molecule has 2 aromatic rings. The van der Waals surface area contributed by atoms with Crippen molar-refractivity contribution in [3.05, 3.63) is 75.4 Å². The van der Waals surface area contributed by atoms with Crippen LogP contribution in [0.1, 0.15) is 32.8 Å². The highest BCUT2D eigenvalue weighted by atomic mass is 127. The maximum absolute atomic E-state index is 13.5. The molecular weight excluding hydrogens is 500 g/mol. The van der Waals surface area contributed by atoms with Crippen molar-refractivity contribution >= 4 is 36.1 Å². The first kappa shape index (κ1) is 23.6. The van der Waals surface area contributed by atoms with Crippen molar-refractivity contribution in [1.29, 1.82) is 0 Å². The fourth-order valence-corrected chi connectivity index (χ4v) is 4.79. The molecule has 2 aromatic carbocycles. The van der Waals surface area contributed by atoms with Crippen LogP contribution < -0.4 is 9.61 Å². The zero-order chi connectivity index (χ0) is 21.3. The highest BCUT2D eigenvalue weighted by Gasteiger charge is 2.29. The van der Waals surface area contributed by atoms with E-state index >= 15 is 0 Å². The Hall–Kier alpha value is -1.63. The van der Waals surface area contributed by atoms with Crippen LogP contribution in [0, 0.1) is 3.57 Å². The van der Waals surface area contributed by atoms with Gasteiger partial charge in [-0.05, 0) is 79.6 Å². The van der Waals surface area contributed by atoms with E-state index in [4.69, 9.17) is 9.26 Å². The number of ether oxygens (including phenoxy) is 1. The third-order valence-corrected chi connectivity index (χ3v) is 6.86. The molecule has 0 radical (unpaired) electrons. The van der Waals surface area contributed by atoms with E-state index in [1.54, 1.807) is 19.1 Å². The minimum atomic E-state index is -3.32. The molecule has 2 rings (SSSR count). The molecule has 0 aromatic heterocycles. The Labute approximate surface area is 186 Å². The van der Waals surface area contributed by atoms with Gasteiger partial charge in [0.1, 0.15) is 18.4 Å². The molecule has 0 fully saturated rings. The van der Waals surface area contributed by atoms with E-state index in [1.165, 1.54) is 0 Å². The predicted octanol–water partition coefficient (Wildman–Crippen LogP) is 5.94. The second kappa shape index (κ2) is 11.5. The smallest absolute Gasteiger partial charge is 0.323 e. The van der Waals surface area contributed by atoms with Gasteiger partial charge in [0.25, 0.3) is 0 Å². The summed E-state index contributed by atoms with van der Waals surface area (Å²) in [4.78, 5) is 12.4. The number of esters is 1. The van der Waals surface area contributed by atoms with Crippen LogP contribution >= 0.6 is 30.1 Å². The molecule has 29 heavy (non-hydrogen) atoms. The molecule has 0 amide bonds. The lowest BCUT2D eigenvalue weighted by Crippen LogP contribution is -2.35. The van der Waals surface area contributed by atoms with Gasteiger partial charge in [-0.25, -0.2) is 5.09 Å². The Bertz CT molecular complexity index is 864. The summed E-state index contributed by atoms with van der Waals surface area (Å²) in [6, 6.07) is 16.0. The van der Waals surface area contributed by atoms with Crippen molar-refractivity contribution in [3.8, 4) is 5.75 Å². The molecule has 1 unspecified atom stereocenters. The Kier molecular flexibility index (Phi) is 9.40. The van der Waals surface area contributed by atoms with E-state index < -0.39 is 19.5 Å². The molecule has 0 aliphatic carbocycles. The van der Waals surface area contributed by atoms with Crippen molar-refractivity contribution in [2.75, 3.05) is 6.16 Å². The highest BCUT2D eigenvalue weighted by molar-refractivity contribution is 14.1. The topological polar surface area (TPSA) is 64.6 Å². The predicted molar refractivity (Wildman–Crippen MR) is 125 cm³/mol. The molecule has 0 saturated carbocycles. The average molecular weight is 527 g/mol. The summed E-state index contributed by atoms with van der Waals surface area (Å²) in [5.41, 5.74) is 2.04. The SMILES string of the molecule is CC(C)=CCCP(=O)(N[C@@H](C)C(=O)OCc1ccccc1)Oc1ccc(I)cc1. The van der Waals surface area contributed by atoms with Crippen LogP contribution in [0.15, 0.2) is 66.2 Å². The van der Waals surface area contributed by atoms with Gasteiger partial charge in [-0.3, -0.25) is 9.36 Å². The fourth-order valence-electron chi connectivity index (χ4n) is 2.53. The van der Waals surface area contributed by atoms with Crippen LogP contribution in [0.4, 0.5) is 0 Å². The largest absolute Gasteiger partial charge is 0.460 e. The second-order valence-corrected chi connectivity index (χ2v) is 10.4. The summed E-state index contributed by atoms with van der Waals surface area (Å²) < 4.78 is 25.7. The number of carbonyl (C=O) groups excluding carboxylic acids is 1. The van der Waals surface area contributed by atoms with Gasteiger partial charge in [-0.15, -0.1) is 0 Å². The third-order valence-electron chi connectivity index (χ3n) is 4.01. The molecule has 0 aliphatic heterocycles. The standard InChI is InChI=1S/C22H27INO4P/c1-17(2)8-7-15-29(26,28-21-13-11-20(23)12-14-21)24-18(3)22(25)27-16-19-9-5-4-6-10-19/h4-6,8-14,18H,7,15-16H2,1-3H3,(H,24,26)/t18-,29?/m0/s1. The summed E-state index contributed by atoms with van der Waals surface area (Å²) in [6.45, 7) is 5.79. The quantitative estimate of drug-likeness (QED) is 0.179. The number of nitrogens with one attached hydrogen (secondary N) is 1. The lowest BCUT2D eigenvalue weighted by Gasteiger charge is -2.23. The summed E-state index contributed by atoms with van der Waals surface area (Å²) >= 11 is 2.20. The summed E-state index contributed by atoms with van der Waals surface area (Å²) in [5.74, 6) is 0.0332. The Morgan fingerprint density at radius 2 is 1.79 bits per heavy atom. The summed E-state index contributed by atoms with van der Waals surface area (Å²) in [5, 5.41) is 2.89. The van der Waals surface area contributed by atoms with Crippen LogP contribution in [-0.2, 0) is 20.7 Å². The lowest BCUT2D eigenvalue weighted by atomic mass is 10.2. The average Bonchev–Trinajstić information content (AvgIpc) is 2.68. The maximum atomic E-state index is 13.5. The number of hydrogen-bond acceptors (Lipinski definition) is 4. The van der Waals surface area contributed by atoms with Gasteiger partial charge in [0, 0.05) is 3.57 Å². The first-order valence-corrected chi connectivity index (χ1v) is 12.3. The Morgan fingerprint density at radius 1 is 1.14 bits per heavy atom. The molecule has 1 N–H and O–H groups in total. The van der Waals surface area contributed by atoms with E-state index in [2.05, 4.69) is 27.7 Å². The number of benzene rings is 2. The van der Waals surface area contributed by atoms with E-state index in [9.17, 15) is 9.36 Å². The van der Waals surface area contributed by atoms with Gasteiger partial charge in [-0.1, -0.05) is 42.0 Å². The van der Waals surface area contributed by atoms with E-state index in [0.717, 1.165) is 14.7 Å². The number of carbonyl (C=O) groups is 1. The lowest BCUT2D eigenvalue weighted by molar-refractivity contribution is -0.146. The van der Waals surface area contributed by atoms with E-state index in [0.29, 0.717) is 12.2 Å². The van der Waals surface area contributed by atoms with Crippen molar-refractivity contribution in [3.63, 3.8) is 0 Å². The fraction of sp³-hybridized carbons (Fsp3) is 0.318. The highest BCUT2D eigenvalue weighted by Crippen LogP contribution is 2.44. The third kappa shape index (κ3) is 8.72. The van der Waals surface area contributed by atoms with Gasteiger partial charge in [-0.2, -0.15) is 0 Å². The molecule has 2 atom stereocenters. The normalized spacial score (nSPS) is 13.8. The summed E-state index contributed by atoms with van der Waals surface area (Å²) in [7, 11) is -3.32. The van der Waals surface area contributed by atoms with Gasteiger partial charge in [0.15, 0.2) is 0 Å². The van der Waals surface area contributed by atoms with Crippen LogP contribution in [0.3, 0.4) is 0 Å². The first-order valence-electron chi connectivity index (χ1n) is 9.43. The monoisotopic (exact) mass is 527 g/mol. The van der Waals surface area contributed by atoms with E-state index in [1.807, 2.05) is 62.4 Å². The van der Waals surface area contributed by atoms with Gasteiger partial charge >= 0.3 is 13.5 Å². The van der Waals surface area contributed by atoms with Crippen LogP contribution in [0.2, 0.25) is 0 Å². The molecule has 0 aliphatic rings. The number of hydrogen-bond donors (Lipinski definition) is 1. The van der Waals surface area contributed by atoms with Crippen LogP contribution in [0.25, 0.3) is 0 Å². The molecule has 7 heteroatoms. The number of halogens is 1. The molecule has 0 spiro atoms. The van der Waals surface area contributed by atoms with Crippen LogP contribution in [0.5, 0.6) is 5.75 Å². The van der Waals surface area contributed by atoms with Gasteiger partial charge in [0.05, 0.1) is 6.16 Å². The first-order chi connectivity index (χ1) is 13.8. The maximum Gasteiger partial charge on any atom is 0.323 e. The molecule has 0 bridgehead atoms. The minimum absolute atomic E-state index is 0.172. The molecular formula is C22H27INO4P. The minimum Gasteiger partial charge on any atom is -0.460 e. The summed E-state index contributed by atoms with van der Waals surface area (Å²) in [6.07, 6.45) is 2.87. The molecule has 0 saturated heterocycles. The molecule has 156 valence electrons. The van der Waals surface area contributed by atoms with Crippen molar-refractivity contribution < 1.29 is 18.6 Å². The number of rotatable bonds is 10. The Balaban J connectivity index is 2.04.